The van der Waals surface area contributed by atoms with Crippen LogP contribution in [0.4, 0.5) is 5.69 Å². The molecule has 0 aliphatic heterocycles. The van der Waals surface area contributed by atoms with Gasteiger partial charge < -0.3 is 25.0 Å². The molecule has 1 heterocycles. The van der Waals surface area contributed by atoms with Gasteiger partial charge in [0.05, 0.1) is 41.5 Å². The van der Waals surface area contributed by atoms with Gasteiger partial charge >= 0.3 is 0 Å². The molecule has 23 heavy (non-hydrogen) atoms. The SMILES string of the molecule is CCn1c(CNC=O)nc2cc(Cl)c(N(CCO)CCO)cc21. The topological polar surface area (TPSA) is 90.6 Å². The summed E-state index contributed by atoms with van der Waals surface area (Å²) in [5, 5.41) is 21.5. The highest BCUT2D eigenvalue weighted by atomic mass is 35.5. The molecule has 1 aromatic carbocycles. The van der Waals surface area contributed by atoms with Gasteiger partial charge in [-0.1, -0.05) is 11.6 Å². The van der Waals surface area contributed by atoms with E-state index >= 15 is 0 Å². The van der Waals surface area contributed by atoms with Gasteiger partial charge in [0.1, 0.15) is 5.82 Å². The molecule has 0 aliphatic rings. The zero-order valence-corrected chi connectivity index (χ0v) is 13.8. The van der Waals surface area contributed by atoms with Crippen LogP contribution in [0.25, 0.3) is 11.0 Å². The highest BCUT2D eigenvalue weighted by molar-refractivity contribution is 6.34. The van der Waals surface area contributed by atoms with Gasteiger partial charge in [-0.25, -0.2) is 4.98 Å². The van der Waals surface area contributed by atoms with Crippen molar-refractivity contribution in [2.45, 2.75) is 20.0 Å². The molecule has 8 heteroatoms. The number of aliphatic hydroxyl groups excluding tert-OH is 2. The predicted molar refractivity (Wildman–Crippen MR) is 89.7 cm³/mol. The second-order valence-corrected chi connectivity index (χ2v) is 5.40. The first kappa shape index (κ1) is 17.5. The molecular weight excluding hydrogens is 320 g/mol. The zero-order valence-electron chi connectivity index (χ0n) is 13.0. The van der Waals surface area contributed by atoms with E-state index in [0.717, 1.165) is 22.5 Å². The first-order valence-electron chi connectivity index (χ1n) is 7.48. The summed E-state index contributed by atoms with van der Waals surface area (Å²) in [6.45, 7) is 3.74. The highest BCUT2D eigenvalue weighted by Gasteiger charge is 2.16. The van der Waals surface area contributed by atoms with Crippen LogP contribution >= 0.6 is 11.6 Å². The number of imidazole rings is 1. The lowest BCUT2D eigenvalue weighted by Gasteiger charge is -2.24. The molecule has 1 aromatic heterocycles. The number of nitrogens with one attached hydrogen (secondary N) is 1. The molecule has 0 unspecified atom stereocenters. The molecule has 0 fully saturated rings. The molecule has 3 N–H and O–H groups in total. The summed E-state index contributed by atoms with van der Waals surface area (Å²) in [5.41, 5.74) is 2.39. The molecule has 0 saturated carbocycles. The van der Waals surface area contributed by atoms with Crippen molar-refractivity contribution < 1.29 is 15.0 Å². The predicted octanol–water partition coefficient (Wildman–Crippen LogP) is 0.747. The van der Waals surface area contributed by atoms with Crippen molar-refractivity contribution in [1.82, 2.24) is 14.9 Å². The van der Waals surface area contributed by atoms with E-state index in [2.05, 4.69) is 10.3 Å². The summed E-state index contributed by atoms with van der Waals surface area (Å²) in [6, 6.07) is 3.68. The lowest BCUT2D eigenvalue weighted by molar-refractivity contribution is -0.109. The van der Waals surface area contributed by atoms with Crippen LogP contribution in [0.1, 0.15) is 12.7 Å². The minimum absolute atomic E-state index is 0.0318. The molecule has 126 valence electrons. The Hall–Kier alpha value is -1.83. The monoisotopic (exact) mass is 340 g/mol. The Balaban J connectivity index is 2.51. The second kappa shape index (κ2) is 8.14. The Morgan fingerprint density at radius 2 is 2.04 bits per heavy atom. The summed E-state index contributed by atoms with van der Waals surface area (Å²) in [5.74, 6) is 0.749. The largest absolute Gasteiger partial charge is 0.395 e. The maximum atomic E-state index is 10.5. The number of aromatic nitrogens is 2. The third kappa shape index (κ3) is 3.74. The number of aryl methyl sites for hydroxylation is 1. The first-order chi connectivity index (χ1) is 11.2. The van der Waals surface area contributed by atoms with E-state index in [4.69, 9.17) is 11.6 Å². The van der Waals surface area contributed by atoms with Crippen molar-refractivity contribution in [1.29, 1.82) is 0 Å². The minimum Gasteiger partial charge on any atom is -0.395 e. The Kier molecular flexibility index (Phi) is 6.20. The van der Waals surface area contributed by atoms with Gasteiger partial charge in [-0.05, 0) is 19.1 Å². The summed E-state index contributed by atoms with van der Waals surface area (Å²) in [4.78, 5) is 16.9. The summed E-state index contributed by atoms with van der Waals surface area (Å²) in [6.07, 6.45) is 0.641. The average molecular weight is 341 g/mol. The molecule has 2 aromatic rings. The molecule has 0 spiro atoms. The normalized spacial score (nSPS) is 11.0. The maximum Gasteiger partial charge on any atom is 0.207 e. The third-order valence-electron chi connectivity index (χ3n) is 3.64. The van der Waals surface area contributed by atoms with Crippen molar-refractivity contribution in [3.63, 3.8) is 0 Å². The Bertz CT molecular complexity index is 668. The van der Waals surface area contributed by atoms with Crippen LogP contribution in [0.15, 0.2) is 12.1 Å². The van der Waals surface area contributed by atoms with Gasteiger partial charge in [0.25, 0.3) is 0 Å². The number of fused-ring (bicyclic) bond motifs is 1. The number of halogens is 1. The first-order valence-corrected chi connectivity index (χ1v) is 7.86. The number of anilines is 1. The summed E-state index contributed by atoms with van der Waals surface area (Å²) >= 11 is 6.35. The van der Waals surface area contributed by atoms with E-state index < -0.39 is 0 Å². The molecule has 0 bridgehead atoms. The Labute approximate surface area is 139 Å². The second-order valence-electron chi connectivity index (χ2n) is 5.00. The molecule has 1 amide bonds. The summed E-state index contributed by atoms with van der Waals surface area (Å²) in [7, 11) is 0. The number of carbonyl (C=O) groups excluding carboxylic acids is 1. The van der Waals surface area contributed by atoms with Crippen molar-refractivity contribution in [3.8, 4) is 0 Å². The van der Waals surface area contributed by atoms with E-state index in [1.165, 1.54) is 0 Å². The fourth-order valence-electron chi connectivity index (χ4n) is 2.64. The molecule has 0 radical (unpaired) electrons. The van der Waals surface area contributed by atoms with Crippen LogP contribution in [-0.2, 0) is 17.9 Å². The minimum atomic E-state index is -0.0318. The molecule has 0 saturated heterocycles. The van der Waals surface area contributed by atoms with Crippen LogP contribution in [0.3, 0.4) is 0 Å². The zero-order chi connectivity index (χ0) is 16.8. The van der Waals surface area contributed by atoms with Gasteiger partial charge in [0, 0.05) is 19.6 Å². The van der Waals surface area contributed by atoms with E-state index in [1.807, 2.05) is 22.5 Å². The molecular formula is C15H21ClN4O3. The van der Waals surface area contributed by atoms with Crippen LogP contribution in [-0.4, -0.2) is 52.5 Å². The number of carbonyl (C=O) groups is 1. The van der Waals surface area contributed by atoms with Crippen molar-refractivity contribution in [3.05, 3.63) is 23.0 Å². The van der Waals surface area contributed by atoms with Crippen molar-refractivity contribution in [2.75, 3.05) is 31.2 Å². The van der Waals surface area contributed by atoms with Gasteiger partial charge in [0.2, 0.25) is 6.41 Å². The standard InChI is InChI=1S/C15H21ClN4O3/c1-2-20-14-8-13(19(3-5-21)4-6-22)11(16)7-12(14)18-15(20)9-17-10-23/h7-8,10,21-22H,2-6,9H2,1H3,(H,17,23). The van der Waals surface area contributed by atoms with E-state index in [9.17, 15) is 15.0 Å². The molecule has 2 rings (SSSR count). The number of benzene rings is 1. The molecule has 0 aliphatic carbocycles. The lowest BCUT2D eigenvalue weighted by atomic mass is 10.2. The number of nitrogens with zero attached hydrogens (tertiary/aromatic N) is 3. The van der Waals surface area contributed by atoms with Crippen LogP contribution < -0.4 is 10.2 Å². The third-order valence-corrected chi connectivity index (χ3v) is 3.94. The highest BCUT2D eigenvalue weighted by Crippen LogP contribution is 2.31. The van der Waals surface area contributed by atoms with E-state index in [0.29, 0.717) is 37.6 Å². The quantitative estimate of drug-likeness (QED) is 0.586. The van der Waals surface area contributed by atoms with Gasteiger partial charge in [-0.3, -0.25) is 4.79 Å². The van der Waals surface area contributed by atoms with Gasteiger partial charge in [0.15, 0.2) is 0 Å². The van der Waals surface area contributed by atoms with Crippen molar-refractivity contribution in [2.24, 2.45) is 0 Å². The van der Waals surface area contributed by atoms with E-state index in [1.54, 1.807) is 6.07 Å². The van der Waals surface area contributed by atoms with Crippen LogP contribution in [0.5, 0.6) is 0 Å². The van der Waals surface area contributed by atoms with Crippen LogP contribution in [0, 0.1) is 0 Å². The fourth-order valence-corrected chi connectivity index (χ4v) is 2.92. The van der Waals surface area contributed by atoms with Gasteiger partial charge in [-0.2, -0.15) is 0 Å². The van der Waals surface area contributed by atoms with Crippen LogP contribution in [0.2, 0.25) is 5.02 Å². The fraction of sp³-hybridized carbons (Fsp3) is 0.467. The number of amides is 1. The Morgan fingerprint density at radius 1 is 1.35 bits per heavy atom. The number of rotatable bonds is 9. The van der Waals surface area contributed by atoms with Crippen molar-refractivity contribution >= 4 is 34.7 Å². The maximum absolute atomic E-state index is 10.5. The Morgan fingerprint density at radius 3 is 2.61 bits per heavy atom. The number of aliphatic hydroxyl groups is 2. The molecule has 0 atom stereocenters. The number of hydrogen-bond donors (Lipinski definition) is 3. The number of hydrogen-bond acceptors (Lipinski definition) is 5. The summed E-state index contributed by atoms with van der Waals surface area (Å²) < 4.78 is 2.00. The smallest absolute Gasteiger partial charge is 0.207 e. The lowest BCUT2D eigenvalue weighted by Crippen LogP contribution is -2.29. The average Bonchev–Trinajstić information content (AvgIpc) is 2.88. The molecule has 7 nitrogen and oxygen atoms in total. The van der Waals surface area contributed by atoms with Gasteiger partial charge in [-0.15, -0.1) is 0 Å². The van der Waals surface area contributed by atoms with E-state index in [-0.39, 0.29) is 13.2 Å².